The van der Waals surface area contributed by atoms with E-state index in [0.29, 0.717) is 23.6 Å². The Balaban J connectivity index is 1.86. The Bertz CT molecular complexity index is 1340. The van der Waals surface area contributed by atoms with Gasteiger partial charge in [-0.1, -0.05) is 26.7 Å². The Morgan fingerprint density at radius 2 is 1.78 bits per heavy atom. The summed E-state index contributed by atoms with van der Waals surface area (Å²) >= 11 is 0. The quantitative estimate of drug-likeness (QED) is 0.240. The second-order valence-electron chi connectivity index (χ2n) is 11.9. The Hall–Kier alpha value is -3.41. The zero-order valence-corrected chi connectivity index (χ0v) is 24.6. The van der Waals surface area contributed by atoms with Crippen LogP contribution in [0.1, 0.15) is 54.6 Å². The number of benzene rings is 1. The molecule has 1 aromatic rings. The summed E-state index contributed by atoms with van der Waals surface area (Å²) in [4.78, 5) is 43.1. The fourth-order valence-corrected chi connectivity index (χ4v) is 6.88. The molecule has 4 rings (SSSR count). The maximum absolute atomic E-state index is 14.1. The SMILES string of the molecule is CCC(CC)CNCc1cc(N(C)C)c2c(c1O)C(=O)C1=C(O)[C@]3(O)C(=O)C(C(N)=O)=C(O)C(N(C)C)[C@@H]3C[C@@H]1C2. The van der Waals surface area contributed by atoms with Gasteiger partial charge in [0.1, 0.15) is 22.8 Å². The van der Waals surface area contributed by atoms with Gasteiger partial charge in [0.15, 0.2) is 11.4 Å². The molecule has 3 aliphatic carbocycles. The monoisotopic (exact) mass is 570 g/mol. The van der Waals surface area contributed by atoms with Gasteiger partial charge in [0.2, 0.25) is 5.78 Å². The Morgan fingerprint density at radius 1 is 1.15 bits per heavy atom. The molecule has 0 fully saturated rings. The van der Waals surface area contributed by atoms with E-state index in [-0.39, 0.29) is 29.7 Å². The minimum Gasteiger partial charge on any atom is -0.510 e. The number of aromatic hydroxyl groups is 1. The van der Waals surface area contributed by atoms with Crippen molar-refractivity contribution in [1.82, 2.24) is 10.2 Å². The van der Waals surface area contributed by atoms with E-state index in [4.69, 9.17) is 5.73 Å². The van der Waals surface area contributed by atoms with Crippen LogP contribution in [0.15, 0.2) is 28.7 Å². The molecule has 0 saturated carbocycles. The number of anilines is 1. The van der Waals surface area contributed by atoms with Crippen LogP contribution in [0.2, 0.25) is 0 Å². The zero-order valence-electron chi connectivity index (χ0n) is 24.6. The van der Waals surface area contributed by atoms with Gasteiger partial charge >= 0.3 is 0 Å². The lowest BCUT2D eigenvalue weighted by atomic mass is 9.58. The van der Waals surface area contributed by atoms with E-state index in [0.717, 1.165) is 25.1 Å². The van der Waals surface area contributed by atoms with Crippen molar-refractivity contribution in [3.05, 3.63) is 45.4 Å². The molecular weight excluding hydrogens is 528 g/mol. The predicted molar refractivity (Wildman–Crippen MR) is 154 cm³/mol. The van der Waals surface area contributed by atoms with Crippen LogP contribution in [0.25, 0.3) is 0 Å². The van der Waals surface area contributed by atoms with E-state index in [2.05, 4.69) is 19.2 Å². The molecule has 11 heteroatoms. The molecule has 7 N–H and O–H groups in total. The zero-order chi connectivity index (χ0) is 30.5. The number of nitrogens with zero attached hydrogens (tertiary/aromatic N) is 2. The van der Waals surface area contributed by atoms with E-state index in [1.807, 2.05) is 25.1 Å². The maximum atomic E-state index is 14.1. The molecule has 0 heterocycles. The molecule has 0 aromatic heterocycles. The molecule has 1 unspecified atom stereocenters. The molecule has 4 atom stereocenters. The number of phenolic OH excluding ortho intramolecular Hbond substituents is 1. The number of nitrogens with two attached hydrogens (primary N) is 1. The highest BCUT2D eigenvalue weighted by Gasteiger charge is 2.63. The van der Waals surface area contributed by atoms with E-state index in [1.165, 1.54) is 4.90 Å². The summed E-state index contributed by atoms with van der Waals surface area (Å²) in [6.45, 7) is 5.31. The molecular formula is C30H42N4O7. The highest BCUT2D eigenvalue weighted by atomic mass is 16.3. The van der Waals surface area contributed by atoms with Crippen molar-refractivity contribution < 1.29 is 34.8 Å². The van der Waals surface area contributed by atoms with Crippen molar-refractivity contribution >= 4 is 23.2 Å². The fraction of sp³-hybridized carbons (Fsp3) is 0.567. The van der Waals surface area contributed by atoms with Crippen molar-refractivity contribution in [2.24, 2.45) is 23.5 Å². The summed E-state index contributed by atoms with van der Waals surface area (Å²) in [6.07, 6.45) is 2.32. The van der Waals surface area contributed by atoms with E-state index in [1.54, 1.807) is 14.1 Å². The highest BCUT2D eigenvalue weighted by molar-refractivity contribution is 6.24. The number of aliphatic hydroxyl groups excluding tert-OH is 2. The first-order chi connectivity index (χ1) is 19.2. The smallest absolute Gasteiger partial charge is 0.255 e. The van der Waals surface area contributed by atoms with Gasteiger partial charge in [-0.25, -0.2) is 0 Å². The summed E-state index contributed by atoms with van der Waals surface area (Å²) in [5, 5.41) is 48.9. The van der Waals surface area contributed by atoms with Gasteiger partial charge in [0.05, 0.1) is 11.6 Å². The van der Waals surface area contributed by atoms with Gasteiger partial charge in [0, 0.05) is 43.4 Å². The van der Waals surface area contributed by atoms with Crippen LogP contribution in [-0.4, -0.2) is 89.2 Å². The van der Waals surface area contributed by atoms with Gasteiger partial charge < -0.3 is 36.4 Å². The number of rotatable bonds is 9. The first-order valence-corrected chi connectivity index (χ1v) is 14.1. The Labute approximate surface area is 240 Å². The summed E-state index contributed by atoms with van der Waals surface area (Å²) in [6, 6.07) is 0.834. The molecule has 0 saturated heterocycles. The Kier molecular flexibility index (Phi) is 8.28. The van der Waals surface area contributed by atoms with Crippen LogP contribution in [0.5, 0.6) is 5.75 Å². The normalized spacial score (nSPS) is 25.9. The number of ketones is 2. The third kappa shape index (κ3) is 4.69. The highest BCUT2D eigenvalue weighted by Crippen LogP contribution is 2.53. The van der Waals surface area contributed by atoms with Crippen LogP contribution in [0.4, 0.5) is 5.69 Å². The van der Waals surface area contributed by atoms with Crippen molar-refractivity contribution in [2.75, 3.05) is 39.6 Å². The minimum atomic E-state index is -2.65. The molecule has 1 aromatic carbocycles. The molecule has 224 valence electrons. The van der Waals surface area contributed by atoms with E-state index in [9.17, 15) is 34.8 Å². The van der Waals surface area contributed by atoms with Crippen LogP contribution in [0.3, 0.4) is 0 Å². The molecule has 0 aliphatic heterocycles. The molecule has 11 nitrogen and oxygen atoms in total. The number of primary amides is 1. The van der Waals surface area contributed by atoms with Gasteiger partial charge in [0.25, 0.3) is 5.91 Å². The number of nitrogens with one attached hydrogen (secondary N) is 1. The number of amides is 1. The average Bonchev–Trinajstić information content (AvgIpc) is 2.89. The third-order valence-electron chi connectivity index (χ3n) is 9.16. The van der Waals surface area contributed by atoms with Crippen molar-refractivity contribution in [3.63, 3.8) is 0 Å². The summed E-state index contributed by atoms with van der Waals surface area (Å²) in [7, 11) is 6.90. The number of allylic oxidation sites excluding steroid dienone is 1. The summed E-state index contributed by atoms with van der Waals surface area (Å²) in [5.41, 5.74) is 3.66. The first kappa shape index (κ1) is 30.5. The number of carbonyl (C=O) groups is 3. The number of carbonyl (C=O) groups excluding carboxylic acids is 3. The average molecular weight is 571 g/mol. The second kappa shape index (κ2) is 11.1. The number of aliphatic hydroxyl groups is 3. The van der Waals surface area contributed by atoms with Gasteiger partial charge in [-0.3, -0.25) is 19.3 Å². The topological polar surface area (TPSA) is 177 Å². The summed E-state index contributed by atoms with van der Waals surface area (Å²) < 4.78 is 0. The van der Waals surface area contributed by atoms with Crippen molar-refractivity contribution in [3.8, 4) is 5.75 Å². The lowest BCUT2D eigenvalue weighted by Gasteiger charge is -2.50. The first-order valence-electron chi connectivity index (χ1n) is 14.1. The van der Waals surface area contributed by atoms with Crippen LogP contribution in [0, 0.1) is 17.8 Å². The number of likely N-dealkylation sites (N-methyl/N-ethyl adjacent to an activating group) is 1. The van der Waals surface area contributed by atoms with Crippen LogP contribution in [-0.2, 0) is 22.6 Å². The number of phenols is 1. The van der Waals surface area contributed by atoms with Gasteiger partial charge in [-0.2, -0.15) is 0 Å². The lowest BCUT2D eigenvalue weighted by molar-refractivity contribution is -0.148. The maximum Gasteiger partial charge on any atom is 0.255 e. The van der Waals surface area contributed by atoms with Crippen molar-refractivity contribution in [1.29, 1.82) is 0 Å². The molecule has 0 bridgehead atoms. The second-order valence-corrected chi connectivity index (χ2v) is 11.9. The molecule has 0 spiro atoms. The lowest BCUT2D eigenvalue weighted by Crippen LogP contribution is -2.63. The minimum absolute atomic E-state index is 0.0244. The number of hydrogen-bond acceptors (Lipinski definition) is 10. The fourth-order valence-electron chi connectivity index (χ4n) is 6.88. The summed E-state index contributed by atoms with van der Waals surface area (Å²) in [5.74, 6) is -6.03. The number of Topliss-reactive ketones (excluding diaryl/α,β-unsaturated/α-hetero) is 2. The molecule has 3 aliphatic rings. The standard InChI is InChI=1S/C30H42N4O7/c1-7-14(8-2)12-32-13-16-11-19(33(3)4)17-9-15-10-18-23(34(5)6)26(37)22(29(31)40)28(39)30(18,41)27(38)20(15)25(36)21(17)24(16)35/h11,14-15,18,23,32,35,37-38,41H,7-10,12-13H2,1-6H3,(H2,31,40)/t15-,18-,23?,30-/m0/s1. The van der Waals surface area contributed by atoms with Crippen molar-refractivity contribution in [2.45, 2.75) is 57.7 Å². The number of hydrogen-bond donors (Lipinski definition) is 6. The van der Waals surface area contributed by atoms with Crippen LogP contribution >= 0.6 is 0 Å². The number of fused-ring (bicyclic) bond motifs is 3. The molecule has 1 amide bonds. The third-order valence-corrected chi connectivity index (χ3v) is 9.16. The van der Waals surface area contributed by atoms with Gasteiger partial charge in [-0.15, -0.1) is 0 Å². The van der Waals surface area contributed by atoms with E-state index < -0.39 is 58.0 Å². The van der Waals surface area contributed by atoms with E-state index >= 15 is 0 Å². The largest absolute Gasteiger partial charge is 0.510 e. The Morgan fingerprint density at radius 3 is 2.32 bits per heavy atom. The molecule has 0 radical (unpaired) electrons. The molecule has 41 heavy (non-hydrogen) atoms. The van der Waals surface area contributed by atoms with Gasteiger partial charge in [-0.05, 0) is 56.9 Å². The van der Waals surface area contributed by atoms with Crippen LogP contribution < -0.4 is 16.0 Å². The predicted octanol–water partition coefficient (Wildman–Crippen LogP) is 1.71.